The molecule has 0 bridgehead atoms. The zero-order chi connectivity index (χ0) is 15.3. The molecule has 2 nitrogen and oxygen atoms in total. The van der Waals surface area contributed by atoms with Gasteiger partial charge in [-0.15, -0.1) is 0 Å². The van der Waals surface area contributed by atoms with Crippen LogP contribution in [0.5, 0.6) is 5.75 Å². The molecule has 1 heterocycles. The highest BCUT2D eigenvalue weighted by Gasteiger charge is 2.44. The first kappa shape index (κ1) is 15.4. The van der Waals surface area contributed by atoms with Gasteiger partial charge in [-0.05, 0) is 55.2 Å². The molecule has 2 aliphatic rings. The fourth-order valence-electron chi connectivity index (χ4n) is 3.93. The molecule has 0 saturated heterocycles. The maximum Gasteiger partial charge on any atom is 0.126 e. The van der Waals surface area contributed by atoms with Crippen molar-refractivity contribution in [3.05, 3.63) is 28.2 Å². The molecule has 1 aliphatic carbocycles. The van der Waals surface area contributed by atoms with E-state index in [4.69, 9.17) is 4.74 Å². The highest BCUT2D eigenvalue weighted by molar-refractivity contribution is 9.10. The van der Waals surface area contributed by atoms with Gasteiger partial charge in [0.25, 0.3) is 0 Å². The van der Waals surface area contributed by atoms with E-state index in [1.807, 2.05) is 18.2 Å². The van der Waals surface area contributed by atoms with Crippen LogP contribution in [0, 0.1) is 11.3 Å². The number of aliphatic hydroxyl groups is 1. The first-order valence-corrected chi connectivity index (χ1v) is 8.75. The van der Waals surface area contributed by atoms with Gasteiger partial charge in [0.05, 0.1) is 6.10 Å². The number of hydrogen-bond acceptors (Lipinski definition) is 2. The van der Waals surface area contributed by atoms with E-state index in [1.54, 1.807) is 0 Å². The summed E-state index contributed by atoms with van der Waals surface area (Å²) in [6.45, 7) is 7.00. The van der Waals surface area contributed by atoms with Crippen molar-refractivity contribution in [2.45, 2.75) is 64.6 Å². The summed E-state index contributed by atoms with van der Waals surface area (Å²) in [5, 5.41) is 10.5. The van der Waals surface area contributed by atoms with Gasteiger partial charge in [0.2, 0.25) is 0 Å². The predicted octanol–water partition coefficient (Wildman–Crippen LogP) is 5.24. The smallest absolute Gasteiger partial charge is 0.126 e. The SMILES string of the molecule is CC(C)(C)C1CCC2(CC1)C[C@H](O)c1cc(Br)ccc1O2. The van der Waals surface area contributed by atoms with E-state index in [1.165, 1.54) is 12.8 Å². The molecule has 1 atom stereocenters. The first-order chi connectivity index (χ1) is 9.79. The summed E-state index contributed by atoms with van der Waals surface area (Å²) in [4.78, 5) is 0. The lowest BCUT2D eigenvalue weighted by Gasteiger charge is -2.47. The summed E-state index contributed by atoms with van der Waals surface area (Å²) < 4.78 is 7.36. The highest BCUT2D eigenvalue weighted by atomic mass is 79.9. The molecule has 1 aromatic carbocycles. The lowest BCUT2D eigenvalue weighted by atomic mass is 9.66. The Morgan fingerprint density at radius 2 is 1.90 bits per heavy atom. The summed E-state index contributed by atoms with van der Waals surface area (Å²) in [6.07, 6.45) is 4.83. The Morgan fingerprint density at radius 3 is 2.52 bits per heavy atom. The molecule has 21 heavy (non-hydrogen) atoms. The Morgan fingerprint density at radius 1 is 1.24 bits per heavy atom. The van der Waals surface area contributed by atoms with E-state index < -0.39 is 6.10 Å². The number of benzene rings is 1. The maximum absolute atomic E-state index is 10.5. The van der Waals surface area contributed by atoms with Crippen LogP contribution >= 0.6 is 15.9 Å². The van der Waals surface area contributed by atoms with Crippen molar-refractivity contribution in [1.29, 1.82) is 0 Å². The van der Waals surface area contributed by atoms with Crippen LogP contribution in [0.15, 0.2) is 22.7 Å². The van der Waals surface area contributed by atoms with Gasteiger partial charge in [-0.1, -0.05) is 36.7 Å². The minimum atomic E-state index is -0.405. The van der Waals surface area contributed by atoms with Gasteiger partial charge in [0, 0.05) is 16.5 Å². The summed E-state index contributed by atoms with van der Waals surface area (Å²) in [6, 6.07) is 5.96. The second kappa shape index (κ2) is 5.27. The molecule has 0 radical (unpaired) electrons. The number of hydrogen-bond donors (Lipinski definition) is 1. The van der Waals surface area contributed by atoms with Gasteiger partial charge in [0.1, 0.15) is 11.4 Å². The van der Waals surface area contributed by atoms with E-state index in [0.29, 0.717) is 5.41 Å². The molecule has 0 aromatic heterocycles. The quantitative estimate of drug-likeness (QED) is 0.691. The molecule has 1 aromatic rings. The Balaban J connectivity index is 1.79. The zero-order valence-corrected chi connectivity index (χ0v) is 14.7. The van der Waals surface area contributed by atoms with Gasteiger partial charge >= 0.3 is 0 Å². The van der Waals surface area contributed by atoms with E-state index >= 15 is 0 Å². The summed E-state index contributed by atoms with van der Waals surface area (Å²) >= 11 is 3.47. The third-order valence-electron chi connectivity index (χ3n) is 5.34. The Kier molecular flexibility index (Phi) is 3.86. The first-order valence-electron chi connectivity index (χ1n) is 7.96. The van der Waals surface area contributed by atoms with Crippen LogP contribution in [-0.4, -0.2) is 10.7 Å². The molecule has 116 valence electrons. The van der Waals surface area contributed by atoms with Gasteiger partial charge < -0.3 is 9.84 Å². The average molecular weight is 353 g/mol. The molecule has 1 aliphatic heterocycles. The van der Waals surface area contributed by atoms with Crippen molar-refractivity contribution in [3.8, 4) is 5.75 Å². The number of halogens is 1. The number of rotatable bonds is 0. The second-order valence-corrected chi connectivity index (χ2v) is 8.74. The van der Waals surface area contributed by atoms with Crippen molar-refractivity contribution in [2.24, 2.45) is 11.3 Å². The van der Waals surface area contributed by atoms with Crippen LogP contribution in [0.25, 0.3) is 0 Å². The lowest BCUT2D eigenvalue weighted by Crippen LogP contribution is -2.45. The molecule has 3 rings (SSSR count). The highest BCUT2D eigenvalue weighted by Crippen LogP contribution is 2.50. The minimum absolute atomic E-state index is 0.151. The average Bonchev–Trinajstić information content (AvgIpc) is 2.39. The van der Waals surface area contributed by atoms with E-state index in [9.17, 15) is 5.11 Å². The normalized spacial score (nSPS) is 32.6. The van der Waals surface area contributed by atoms with Crippen LogP contribution in [0.3, 0.4) is 0 Å². The Labute approximate surface area is 136 Å². The van der Waals surface area contributed by atoms with Crippen molar-refractivity contribution < 1.29 is 9.84 Å². The molecular weight excluding hydrogens is 328 g/mol. The third kappa shape index (κ3) is 3.00. The molecule has 0 unspecified atom stereocenters. The fraction of sp³-hybridized carbons (Fsp3) is 0.667. The summed E-state index contributed by atoms with van der Waals surface area (Å²) in [7, 11) is 0. The molecule has 1 fully saturated rings. The zero-order valence-electron chi connectivity index (χ0n) is 13.2. The molecule has 0 amide bonds. The topological polar surface area (TPSA) is 29.5 Å². The number of aliphatic hydroxyl groups excluding tert-OH is 1. The van der Waals surface area contributed by atoms with E-state index in [0.717, 1.165) is 41.0 Å². The van der Waals surface area contributed by atoms with Crippen LogP contribution < -0.4 is 4.74 Å². The maximum atomic E-state index is 10.5. The predicted molar refractivity (Wildman–Crippen MR) is 88.5 cm³/mol. The molecule has 1 spiro atoms. The third-order valence-corrected chi connectivity index (χ3v) is 5.84. The number of ether oxygens (including phenoxy) is 1. The van der Waals surface area contributed by atoms with Crippen LogP contribution in [0.1, 0.15) is 64.5 Å². The van der Waals surface area contributed by atoms with Crippen molar-refractivity contribution in [3.63, 3.8) is 0 Å². The molecule has 1 saturated carbocycles. The monoisotopic (exact) mass is 352 g/mol. The molecule has 1 N–H and O–H groups in total. The van der Waals surface area contributed by atoms with Gasteiger partial charge in [-0.3, -0.25) is 0 Å². The molecule has 3 heteroatoms. The minimum Gasteiger partial charge on any atom is -0.487 e. The van der Waals surface area contributed by atoms with Crippen molar-refractivity contribution in [1.82, 2.24) is 0 Å². The largest absolute Gasteiger partial charge is 0.487 e. The van der Waals surface area contributed by atoms with E-state index in [-0.39, 0.29) is 5.60 Å². The van der Waals surface area contributed by atoms with Gasteiger partial charge in [-0.25, -0.2) is 0 Å². The Hall–Kier alpha value is -0.540. The van der Waals surface area contributed by atoms with Gasteiger partial charge in [0.15, 0.2) is 0 Å². The van der Waals surface area contributed by atoms with E-state index in [2.05, 4.69) is 36.7 Å². The van der Waals surface area contributed by atoms with Crippen molar-refractivity contribution >= 4 is 15.9 Å². The number of fused-ring (bicyclic) bond motifs is 1. The van der Waals surface area contributed by atoms with Crippen LogP contribution in [-0.2, 0) is 0 Å². The van der Waals surface area contributed by atoms with Crippen LogP contribution in [0.2, 0.25) is 0 Å². The lowest BCUT2D eigenvalue weighted by molar-refractivity contribution is -0.0564. The second-order valence-electron chi connectivity index (χ2n) is 7.83. The van der Waals surface area contributed by atoms with Gasteiger partial charge in [-0.2, -0.15) is 0 Å². The standard InChI is InChI=1S/C18H25BrO2/c1-17(2,3)12-6-8-18(9-7-12)11-15(20)14-10-13(19)4-5-16(14)21-18/h4-5,10,12,15,20H,6-9,11H2,1-3H3/t12?,15-,18?/m0/s1. The van der Waals surface area contributed by atoms with Crippen molar-refractivity contribution in [2.75, 3.05) is 0 Å². The Bertz CT molecular complexity index is 525. The summed E-state index contributed by atoms with van der Waals surface area (Å²) in [5.41, 5.74) is 1.15. The summed E-state index contributed by atoms with van der Waals surface area (Å²) in [5.74, 6) is 1.63. The fourth-order valence-corrected chi connectivity index (χ4v) is 4.30. The van der Waals surface area contributed by atoms with Crippen LogP contribution in [0.4, 0.5) is 0 Å². The molecular formula is C18H25BrO2.